The Balaban J connectivity index is 1.75. The SMILES string of the molecule is O=Cc1ccc(-c2ccc(CS(=O)(=O)N3CCCC3)cc2)o1. The minimum Gasteiger partial charge on any atom is -0.453 e. The molecule has 1 aromatic heterocycles. The summed E-state index contributed by atoms with van der Waals surface area (Å²) in [6.45, 7) is 1.25. The number of nitrogens with zero attached hydrogens (tertiary/aromatic N) is 1. The standard InChI is InChI=1S/C16H17NO4S/c18-11-15-7-8-16(21-15)14-5-3-13(4-6-14)12-22(19,20)17-9-1-2-10-17/h3-8,11H,1-2,9-10,12H2. The van der Waals surface area contributed by atoms with Gasteiger partial charge in [0, 0.05) is 18.7 Å². The molecule has 1 saturated heterocycles. The quantitative estimate of drug-likeness (QED) is 0.795. The van der Waals surface area contributed by atoms with Crippen molar-refractivity contribution in [2.75, 3.05) is 13.1 Å². The van der Waals surface area contributed by atoms with E-state index in [2.05, 4.69) is 0 Å². The lowest BCUT2D eigenvalue weighted by molar-refractivity contribution is 0.110. The van der Waals surface area contributed by atoms with Gasteiger partial charge in [-0.2, -0.15) is 0 Å². The number of carbonyl (C=O) groups excluding carboxylic acids is 1. The Hall–Kier alpha value is -1.92. The Kier molecular flexibility index (Phi) is 4.13. The van der Waals surface area contributed by atoms with Crippen molar-refractivity contribution in [1.82, 2.24) is 4.31 Å². The number of carbonyl (C=O) groups is 1. The Morgan fingerprint density at radius 1 is 1.05 bits per heavy atom. The number of hydrogen-bond donors (Lipinski definition) is 0. The van der Waals surface area contributed by atoms with Crippen LogP contribution in [0.5, 0.6) is 0 Å². The minimum absolute atomic E-state index is 0.0189. The van der Waals surface area contributed by atoms with Gasteiger partial charge in [0.05, 0.1) is 5.75 Å². The number of aldehydes is 1. The highest BCUT2D eigenvalue weighted by Gasteiger charge is 2.25. The highest BCUT2D eigenvalue weighted by Crippen LogP contribution is 2.23. The number of hydrogen-bond acceptors (Lipinski definition) is 4. The molecule has 0 bridgehead atoms. The summed E-state index contributed by atoms with van der Waals surface area (Å²) >= 11 is 0. The van der Waals surface area contributed by atoms with Gasteiger partial charge in [-0.05, 0) is 30.5 Å². The molecule has 22 heavy (non-hydrogen) atoms. The average molecular weight is 319 g/mol. The largest absolute Gasteiger partial charge is 0.453 e. The molecule has 1 aliphatic heterocycles. The fraction of sp³-hybridized carbons (Fsp3) is 0.312. The maximum atomic E-state index is 12.3. The molecule has 3 rings (SSSR count). The van der Waals surface area contributed by atoms with Crippen molar-refractivity contribution in [2.24, 2.45) is 0 Å². The van der Waals surface area contributed by atoms with Crippen molar-refractivity contribution < 1.29 is 17.6 Å². The average Bonchev–Trinajstić information content (AvgIpc) is 3.19. The van der Waals surface area contributed by atoms with E-state index in [-0.39, 0.29) is 11.5 Å². The van der Waals surface area contributed by atoms with Crippen LogP contribution in [0.4, 0.5) is 0 Å². The second kappa shape index (κ2) is 6.06. The van der Waals surface area contributed by atoms with E-state index in [0.29, 0.717) is 25.1 Å². The van der Waals surface area contributed by atoms with Crippen LogP contribution in [0, 0.1) is 0 Å². The maximum Gasteiger partial charge on any atom is 0.218 e. The van der Waals surface area contributed by atoms with Crippen LogP contribution in [0.25, 0.3) is 11.3 Å². The monoisotopic (exact) mass is 319 g/mol. The Morgan fingerprint density at radius 2 is 1.73 bits per heavy atom. The third-order valence-electron chi connectivity index (χ3n) is 3.79. The van der Waals surface area contributed by atoms with Gasteiger partial charge in [0.2, 0.25) is 10.0 Å². The summed E-state index contributed by atoms with van der Waals surface area (Å²) in [5, 5.41) is 0. The van der Waals surface area contributed by atoms with E-state index >= 15 is 0 Å². The molecule has 1 fully saturated rings. The van der Waals surface area contributed by atoms with Crippen LogP contribution >= 0.6 is 0 Å². The van der Waals surface area contributed by atoms with Crippen LogP contribution in [0.2, 0.25) is 0 Å². The zero-order chi connectivity index (χ0) is 15.6. The van der Waals surface area contributed by atoms with E-state index in [0.717, 1.165) is 24.0 Å². The second-order valence-corrected chi connectivity index (χ2v) is 7.35. The smallest absolute Gasteiger partial charge is 0.218 e. The van der Waals surface area contributed by atoms with Crippen molar-refractivity contribution in [3.05, 3.63) is 47.7 Å². The summed E-state index contributed by atoms with van der Waals surface area (Å²) in [5.74, 6) is 0.886. The lowest BCUT2D eigenvalue weighted by Crippen LogP contribution is -2.29. The van der Waals surface area contributed by atoms with Gasteiger partial charge >= 0.3 is 0 Å². The molecular weight excluding hydrogens is 302 g/mol. The van der Waals surface area contributed by atoms with Crippen molar-refractivity contribution in [2.45, 2.75) is 18.6 Å². The summed E-state index contributed by atoms with van der Waals surface area (Å²) in [4.78, 5) is 10.6. The predicted molar refractivity (Wildman–Crippen MR) is 83.0 cm³/mol. The minimum atomic E-state index is -3.23. The third-order valence-corrected chi connectivity index (χ3v) is 5.64. The fourth-order valence-electron chi connectivity index (χ4n) is 2.60. The number of rotatable bonds is 5. The fourth-order valence-corrected chi connectivity index (χ4v) is 4.22. The predicted octanol–water partition coefficient (Wildman–Crippen LogP) is 2.68. The number of furan rings is 1. The van der Waals surface area contributed by atoms with Crippen molar-refractivity contribution >= 4 is 16.3 Å². The normalized spacial score (nSPS) is 16.0. The topological polar surface area (TPSA) is 67.6 Å². The molecule has 0 N–H and O–H groups in total. The molecule has 0 aliphatic carbocycles. The van der Waals surface area contributed by atoms with Crippen LogP contribution < -0.4 is 0 Å². The molecule has 0 amide bonds. The van der Waals surface area contributed by atoms with E-state index in [1.54, 1.807) is 28.6 Å². The van der Waals surface area contributed by atoms with E-state index in [1.807, 2.05) is 12.1 Å². The van der Waals surface area contributed by atoms with Crippen LogP contribution in [-0.4, -0.2) is 32.1 Å². The van der Waals surface area contributed by atoms with Gasteiger partial charge < -0.3 is 4.42 Å². The maximum absolute atomic E-state index is 12.3. The van der Waals surface area contributed by atoms with Gasteiger partial charge in [-0.15, -0.1) is 0 Å². The van der Waals surface area contributed by atoms with Gasteiger partial charge in [-0.3, -0.25) is 4.79 Å². The lowest BCUT2D eigenvalue weighted by atomic mass is 10.1. The molecule has 6 heteroatoms. The van der Waals surface area contributed by atoms with Gasteiger partial charge in [0.15, 0.2) is 12.0 Å². The molecule has 5 nitrogen and oxygen atoms in total. The lowest BCUT2D eigenvalue weighted by Gasteiger charge is -2.15. The Labute approximate surface area is 129 Å². The third kappa shape index (κ3) is 3.13. The summed E-state index contributed by atoms with van der Waals surface area (Å²) in [6.07, 6.45) is 2.53. The molecule has 0 unspecified atom stereocenters. The van der Waals surface area contributed by atoms with Gasteiger partial charge in [-0.1, -0.05) is 24.3 Å². The van der Waals surface area contributed by atoms with E-state index < -0.39 is 10.0 Å². The van der Waals surface area contributed by atoms with Crippen LogP contribution in [-0.2, 0) is 15.8 Å². The highest BCUT2D eigenvalue weighted by atomic mass is 32.2. The zero-order valence-electron chi connectivity index (χ0n) is 12.1. The zero-order valence-corrected chi connectivity index (χ0v) is 12.9. The first kappa shape index (κ1) is 15.0. The van der Waals surface area contributed by atoms with Crippen molar-refractivity contribution in [3.8, 4) is 11.3 Å². The number of sulfonamides is 1. The van der Waals surface area contributed by atoms with Crippen molar-refractivity contribution in [1.29, 1.82) is 0 Å². The summed E-state index contributed by atoms with van der Waals surface area (Å²) in [7, 11) is -3.23. The van der Waals surface area contributed by atoms with Crippen LogP contribution in [0.15, 0.2) is 40.8 Å². The van der Waals surface area contributed by atoms with E-state index in [1.165, 1.54) is 0 Å². The van der Waals surface area contributed by atoms with Crippen molar-refractivity contribution in [3.63, 3.8) is 0 Å². The molecule has 0 saturated carbocycles. The molecular formula is C16H17NO4S. The summed E-state index contributed by atoms with van der Waals surface area (Å²) in [5.41, 5.74) is 1.56. The molecule has 1 aliphatic rings. The van der Waals surface area contributed by atoms with E-state index in [4.69, 9.17) is 4.42 Å². The first-order valence-electron chi connectivity index (χ1n) is 7.21. The molecule has 0 spiro atoms. The van der Waals surface area contributed by atoms with Gasteiger partial charge in [0.25, 0.3) is 0 Å². The molecule has 2 heterocycles. The number of benzene rings is 1. The highest BCUT2D eigenvalue weighted by molar-refractivity contribution is 7.88. The first-order chi connectivity index (χ1) is 10.6. The Morgan fingerprint density at radius 3 is 2.32 bits per heavy atom. The first-order valence-corrected chi connectivity index (χ1v) is 8.81. The second-order valence-electron chi connectivity index (χ2n) is 5.38. The summed E-state index contributed by atoms with van der Waals surface area (Å²) in [6, 6.07) is 10.5. The Bertz CT molecular complexity index is 756. The molecule has 0 atom stereocenters. The van der Waals surface area contributed by atoms with E-state index in [9.17, 15) is 13.2 Å². The molecule has 1 aromatic carbocycles. The van der Waals surface area contributed by atoms with Gasteiger partial charge in [0.1, 0.15) is 5.76 Å². The molecule has 0 radical (unpaired) electrons. The summed E-state index contributed by atoms with van der Waals surface area (Å²) < 4.78 is 31.4. The molecule has 2 aromatic rings. The van der Waals surface area contributed by atoms with Gasteiger partial charge in [-0.25, -0.2) is 12.7 Å². The molecule has 116 valence electrons. The van der Waals surface area contributed by atoms with Crippen LogP contribution in [0.1, 0.15) is 29.0 Å². The van der Waals surface area contributed by atoms with Crippen LogP contribution in [0.3, 0.4) is 0 Å².